The second-order valence-corrected chi connectivity index (χ2v) is 6.24. The van der Waals surface area contributed by atoms with E-state index in [9.17, 15) is 19.8 Å². The van der Waals surface area contributed by atoms with E-state index in [0.717, 1.165) is 0 Å². The zero-order chi connectivity index (χ0) is 14.6. The van der Waals surface area contributed by atoms with Crippen molar-refractivity contribution < 1.29 is 29.3 Å². The van der Waals surface area contributed by atoms with Gasteiger partial charge in [-0.2, -0.15) is 0 Å². The summed E-state index contributed by atoms with van der Waals surface area (Å²) in [4.78, 5) is 24.3. The Hall–Kier alpha value is -1.66. The Labute approximate surface area is 114 Å². The van der Waals surface area contributed by atoms with Crippen LogP contribution >= 0.6 is 0 Å². The Morgan fingerprint density at radius 1 is 0.900 bits per heavy atom. The van der Waals surface area contributed by atoms with Crippen molar-refractivity contribution in [2.75, 3.05) is 0 Å². The van der Waals surface area contributed by atoms with E-state index in [2.05, 4.69) is 0 Å². The third-order valence-corrected chi connectivity index (χ3v) is 5.64. The molecule has 0 radical (unpaired) electrons. The summed E-state index contributed by atoms with van der Waals surface area (Å²) in [6.07, 6.45) is 5.02. The molecule has 2 fully saturated rings. The highest BCUT2D eigenvalue weighted by Gasteiger charge is 2.91. The zero-order valence-electron chi connectivity index (χ0n) is 11.0. The van der Waals surface area contributed by atoms with Crippen molar-refractivity contribution in [3.05, 3.63) is 24.3 Å². The Morgan fingerprint density at radius 3 is 1.55 bits per heavy atom. The van der Waals surface area contributed by atoms with E-state index >= 15 is 0 Å². The van der Waals surface area contributed by atoms with Gasteiger partial charge < -0.3 is 19.7 Å². The summed E-state index contributed by atoms with van der Waals surface area (Å²) in [6, 6.07) is 0. The van der Waals surface area contributed by atoms with Crippen LogP contribution in [-0.4, -0.2) is 45.6 Å². The fourth-order valence-corrected chi connectivity index (χ4v) is 4.94. The van der Waals surface area contributed by atoms with Gasteiger partial charge in [-0.25, -0.2) is 0 Å². The Morgan fingerprint density at radius 2 is 1.25 bits per heavy atom. The molecule has 0 amide bonds. The molecule has 4 aliphatic rings. The van der Waals surface area contributed by atoms with E-state index in [1.165, 1.54) is 0 Å². The molecular formula is C14H14O6. The van der Waals surface area contributed by atoms with Crippen molar-refractivity contribution in [1.29, 1.82) is 0 Å². The zero-order valence-corrected chi connectivity index (χ0v) is 11.0. The molecule has 4 rings (SSSR count). The van der Waals surface area contributed by atoms with Gasteiger partial charge in [-0.1, -0.05) is 24.3 Å². The fraction of sp³-hybridized carbons (Fsp3) is 0.571. The summed E-state index contributed by atoms with van der Waals surface area (Å²) in [5.41, 5.74) is -5.66. The lowest BCUT2D eigenvalue weighted by atomic mass is 9.46. The molecule has 4 aliphatic heterocycles. The van der Waals surface area contributed by atoms with Crippen LogP contribution in [0.3, 0.4) is 0 Å². The molecule has 4 heterocycles. The Balaban J connectivity index is 2.15. The Kier molecular flexibility index (Phi) is 1.72. The van der Waals surface area contributed by atoms with E-state index in [4.69, 9.17) is 9.47 Å². The third kappa shape index (κ3) is 0.756. The van der Waals surface area contributed by atoms with Crippen LogP contribution in [0, 0.1) is 10.8 Å². The highest BCUT2D eigenvalue weighted by atomic mass is 16.6. The lowest BCUT2D eigenvalue weighted by molar-refractivity contribution is -0.175. The molecular weight excluding hydrogens is 264 g/mol. The van der Waals surface area contributed by atoms with Crippen molar-refractivity contribution in [3.8, 4) is 0 Å². The van der Waals surface area contributed by atoms with Gasteiger partial charge in [0.25, 0.3) is 0 Å². The Bertz CT molecular complexity index is 569. The van der Waals surface area contributed by atoms with Crippen LogP contribution in [0.5, 0.6) is 0 Å². The van der Waals surface area contributed by atoms with Crippen LogP contribution < -0.4 is 0 Å². The quantitative estimate of drug-likeness (QED) is 0.718. The predicted molar refractivity (Wildman–Crippen MR) is 65.0 cm³/mol. The van der Waals surface area contributed by atoms with Crippen LogP contribution in [0.1, 0.15) is 13.8 Å². The van der Waals surface area contributed by atoms with Crippen molar-refractivity contribution in [2.24, 2.45) is 10.8 Å². The first-order valence-electron chi connectivity index (χ1n) is 6.47. The van der Waals surface area contributed by atoms with E-state index in [1.54, 1.807) is 38.2 Å². The molecule has 2 saturated heterocycles. The smallest absolute Gasteiger partial charge is 0.317 e. The van der Waals surface area contributed by atoms with Gasteiger partial charge in [0.05, 0.1) is 12.2 Å². The third-order valence-electron chi connectivity index (χ3n) is 5.64. The average Bonchev–Trinajstić information content (AvgIpc) is 3.01. The minimum Gasteiger partial charge on any atom is -0.481 e. The molecule has 106 valence electrons. The molecule has 0 aromatic heterocycles. The highest BCUT2D eigenvalue weighted by Crippen LogP contribution is 2.75. The van der Waals surface area contributed by atoms with Crippen molar-refractivity contribution in [1.82, 2.24) is 0 Å². The van der Waals surface area contributed by atoms with Gasteiger partial charge in [0, 0.05) is 0 Å². The van der Waals surface area contributed by atoms with Gasteiger partial charge in [-0.15, -0.1) is 0 Å². The summed E-state index contributed by atoms with van der Waals surface area (Å²) in [6.45, 7) is 3.26. The molecule has 6 atom stereocenters. The lowest BCUT2D eigenvalue weighted by Gasteiger charge is -2.47. The van der Waals surface area contributed by atoms with Crippen molar-refractivity contribution >= 4 is 11.9 Å². The first-order chi connectivity index (χ1) is 9.26. The second kappa shape index (κ2) is 2.84. The largest absolute Gasteiger partial charge is 0.481 e. The van der Waals surface area contributed by atoms with Gasteiger partial charge in [0.15, 0.2) is 10.8 Å². The van der Waals surface area contributed by atoms with Crippen LogP contribution in [0.4, 0.5) is 0 Å². The van der Waals surface area contributed by atoms with E-state index in [1.807, 2.05) is 0 Å². The first kappa shape index (κ1) is 12.1. The maximum atomic E-state index is 12.2. The topological polar surface area (TPSA) is 93.1 Å². The molecule has 6 heteroatoms. The lowest BCUT2D eigenvalue weighted by Crippen LogP contribution is -2.67. The summed E-state index contributed by atoms with van der Waals surface area (Å²) in [5.74, 6) is -2.38. The maximum absolute atomic E-state index is 12.2. The van der Waals surface area contributed by atoms with Gasteiger partial charge >= 0.3 is 11.9 Å². The normalized spacial score (nSPS) is 57.3. The molecule has 0 aromatic rings. The maximum Gasteiger partial charge on any atom is 0.317 e. The van der Waals surface area contributed by atoms with Crippen LogP contribution in [0.25, 0.3) is 0 Å². The van der Waals surface area contributed by atoms with Crippen LogP contribution in [0.15, 0.2) is 24.3 Å². The molecule has 20 heavy (non-hydrogen) atoms. The molecule has 6 nitrogen and oxygen atoms in total. The SMILES string of the molecule is C[C@]12C=C[C@H](O1)[C@@]1(C(=O)O)[C@]2(C(=O)O)[C@@H]2C=C[C@@]1(C)O2. The summed E-state index contributed by atoms with van der Waals surface area (Å²) in [7, 11) is 0. The number of hydrogen-bond acceptors (Lipinski definition) is 4. The monoisotopic (exact) mass is 278 g/mol. The minimum absolute atomic E-state index is 0.805. The molecule has 0 unspecified atom stereocenters. The summed E-state index contributed by atoms with van der Waals surface area (Å²) < 4.78 is 11.6. The summed E-state index contributed by atoms with van der Waals surface area (Å²) >= 11 is 0. The molecule has 2 N–H and O–H groups in total. The second-order valence-electron chi connectivity index (χ2n) is 6.24. The average molecular weight is 278 g/mol. The number of carboxylic acid groups (broad SMARTS) is 2. The molecule has 0 aliphatic carbocycles. The number of ether oxygens (including phenoxy) is 2. The number of aliphatic carboxylic acids is 2. The fourth-order valence-electron chi connectivity index (χ4n) is 4.94. The number of rotatable bonds is 2. The number of fused-ring (bicyclic) bond motifs is 9. The molecule has 0 spiro atoms. The molecule has 0 aromatic carbocycles. The van der Waals surface area contributed by atoms with E-state index in [-0.39, 0.29) is 0 Å². The standard InChI is InChI=1S/C14H14O6/c1-11-5-3-8(19-11)14(10(17)18)12(2)6-4-7(20-12)13(11,14)9(15)16/h3-8H,1-2H3,(H,15,16)(H,17,18)/t7-,8-,11+,12+,13-,14-/m0/s1. The van der Waals surface area contributed by atoms with Gasteiger partial charge in [0.1, 0.15) is 11.2 Å². The molecule has 0 saturated carbocycles. The number of carbonyl (C=O) groups is 2. The van der Waals surface area contributed by atoms with Crippen molar-refractivity contribution in [3.63, 3.8) is 0 Å². The number of hydrogen-bond donors (Lipinski definition) is 2. The van der Waals surface area contributed by atoms with Gasteiger partial charge in [-0.05, 0) is 13.8 Å². The van der Waals surface area contributed by atoms with Crippen molar-refractivity contribution in [2.45, 2.75) is 37.3 Å². The summed E-state index contributed by atoms with van der Waals surface area (Å²) in [5, 5.41) is 19.8. The predicted octanol–water partition coefficient (Wildman–Crippen LogP) is 0.583. The first-order valence-corrected chi connectivity index (χ1v) is 6.47. The van der Waals surface area contributed by atoms with Gasteiger partial charge in [0.2, 0.25) is 0 Å². The van der Waals surface area contributed by atoms with Crippen LogP contribution in [0.2, 0.25) is 0 Å². The minimum atomic E-state index is -1.64. The number of carboxylic acids is 2. The highest BCUT2D eigenvalue weighted by molar-refractivity contribution is 5.95. The van der Waals surface area contributed by atoms with E-state index in [0.29, 0.717) is 0 Å². The van der Waals surface area contributed by atoms with E-state index < -0.39 is 46.2 Å². The van der Waals surface area contributed by atoms with Gasteiger partial charge in [-0.3, -0.25) is 9.59 Å². The van der Waals surface area contributed by atoms with Crippen LogP contribution in [-0.2, 0) is 19.1 Å². The molecule has 4 bridgehead atoms.